The van der Waals surface area contributed by atoms with E-state index in [-0.39, 0.29) is 59.1 Å². The molecule has 0 bridgehead atoms. The minimum absolute atomic E-state index is 0. The molecule has 0 radical (unpaired) electrons. The van der Waals surface area contributed by atoms with Crippen molar-refractivity contribution in [2.75, 3.05) is 0 Å². The Balaban J connectivity index is -0.0000000450. The summed E-state index contributed by atoms with van der Waals surface area (Å²) in [6, 6.07) is 0. The molecule has 0 rings (SSSR count). The van der Waals surface area contributed by atoms with Gasteiger partial charge in [0.2, 0.25) is 0 Å². The van der Waals surface area contributed by atoms with Crippen molar-refractivity contribution in [3.05, 3.63) is 0 Å². The molecule has 2 nitrogen and oxygen atoms in total. The van der Waals surface area contributed by atoms with Gasteiger partial charge in [0.1, 0.15) is 0 Å². The third kappa shape index (κ3) is 30.3. The Bertz CT molecular complexity index is 16.3. The van der Waals surface area contributed by atoms with Crippen molar-refractivity contribution in [2.45, 2.75) is 0 Å². The van der Waals surface area contributed by atoms with Crippen LogP contribution in [-0.4, -0.2) is 0 Å². The maximum Gasteiger partial charge on any atom is 1.00 e. The largest absolute Gasteiger partial charge is 1.00 e. The van der Waals surface area contributed by atoms with Crippen LogP contribution in [0.25, 0.3) is 0 Å². The first-order valence-electron chi connectivity index (χ1n) is 0.534. The van der Waals surface area contributed by atoms with E-state index in [1.807, 2.05) is 0 Å². The molecule has 0 fully saturated rings. The molecule has 0 atom stereocenters. The van der Waals surface area contributed by atoms with Gasteiger partial charge in [0, 0.05) is 0 Å². The van der Waals surface area contributed by atoms with Gasteiger partial charge >= 0.3 is 59.1 Å². The van der Waals surface area contributed by atoms with E-state index >= 15 is 0 Å². The molecule has 0 saturated heterocycles. The second-order valence-corrected chi connectivity index (χ2v) is 1.47. The van der Waals surface area contributed by atoms with Crippen molar-refractivity contribution in [3.63, 3.8) is 0 Å². The monoisotopic (exact) mass is 144 g/mol. The fourth-order valence-corrected chi connectivity index (χ4v) is 0. The third-order valence-corrected chi connectivity index (χ3v) is 0. The molecule has 0 aliphatic rings. The van der Waals surface area contributed by atoms with Gasteiger partial charge in [0.25, 0.3) is 0 Å². The summed E-state index contributed by atoms with van der Waals surface area (Å²) in [5, 5.41) is 0. The van der Waals surface area contributed by atoms with E-state index in [1.54, 1.807) is 0 Å². The molecule has 26 valence electrons. The fourth-order valence-electron chi connectivity index (χ4n) is 0. The standard InChI is InChI=1S/ClO2P.2Na/c1-4(2)3;;/q-2;2*+1. The number of hydrogen-bond acceptors (Lipinski definition) is 2. The maximum atomic E-state index is 8.80. The van der Waals surface area contributed by atoms with Gasteiger partial charge < -0.3 is 9.79 Å². The Hall–Kier alpha value is 2.64. The van der Waals surface area contributed by atoms with E-state index in [0.29, 0.717) is 0 Å². The van der Waals surface area contributed by atoms with Gasteiger partial charge in [-0.15, -0.1) is 11.2 Å². The van der Waals surface area contributed by atoms with E-state index in [2.05, 4.69) is 11.2 Å². The van der Waals surface area contributed by atoms with E-state index in [1.165, 1.54) is 0 Å². The van der Waals surface area contributed by atoms with Gasteiger partial charge in [0.05, 0.1) is 0 Å². The Labute approximate surface area is 86.6 Å². The molecule has 0 aromatic carbocycles. The average Bonchev–Trinajstić information content (AvgIpc) is 0.811. The molecule has 0 amide bonds. The summed E-state index contributed by atoms with van der Waals surface area (Å²) in [5.74, 6) is 0. The van der Waals surface area contributed by atoms with E-state index in [0.717, 1.165) is 0 Å². The summed E-state index contributed by atoms with van der Waals surface area (Å²) in [4.78, 5) is 17.6. The van der Waals surface area contributed by atoms with Crippen LogP contribution in [0.15, 0.2) is 0 Å². The summed E-state index contributed by atoms with van der Waals surface area (Å²) >= 11 is 4.23. The first-order valence-corrected chi connectivity index (χ1v) is 2.62. The normalized spacial score (nSPS) is 6.00. The SMILES string of the molecule is [Na+].[Na+].[O-]P([O-])Cl. The summed E-state index contributed by atoms with van der Waals surface area (Å²) in [7, 11) is -2.65. The quantitative estimate of drug-likeness (QED) is 0.251. The molecule has 0 aliphatic carbocycles. The van der Waals surface area contributed by atoms with Gasteiger partial charge in [-0.2, -0.15) is 0 Å². The zero-order chi connectivity index (χ0) is 3.58. The minimum atomic E-state index is -2.65. The Morgan fingerprint density at radius 2 is 1.17 bits per heavy atom. The summed E-state index contributed by atoms with van der Waals surface area (Å²) in [5.41, 5.74) is 0. The zero-order valence-electron chi connectivity index (χ0n) is 3.64. The molecule has 0 spiro atoms. The van der Waals surface area contributed by atoms with Crippen molar-refractivity contribution in [1.29, 1.82) is 0 Å². The van der Waals surface area contributed by atoms with Crippen LogP contribution in [0.3, 0.4) is 0 Å². The predicted octanol–water partition coefficient (Wildman–Crippen LogP) is -6.82. The molecule has 0 aliphatic heterocycles. The van der Waals surface area contributed by atoms with E-state index in [4.69, 9.17) is 9.79 Å². The van der Waals surface area contributed by atoms with Crippen molar-refractivity contribution in [1.82, 2.24) is 0 Å². The number of hydrogen-bond donors (Lipinski definition) is 0. The molecule has 6 heavy (non-hydrogen) atoms. The number of halogens is 1. The van der Waals surface area contributed by atoms with Crippen LogP contribution in [-0.2, 0) is 0 Å². The first kappa shape index (κ1) is 15.9. The summed E-state index contributed by atoms with van der Waals surface area (Å²) in [6.07, 6.45) is 0. The van der Waals surface area contributed by atoms with Gasteiger partial charge in [-0.3, -0.25) is 0 Å². The Morgan fingerprint density at radius 1 is 1.17 bits per heavy atom. The van der Waals surface area contributed by atoms with Crippen LogP contribution < -0.4 is 68.9 Å². The van der Waals surface area contributed by atoms with Gasteiger partial charge in [-0.05, 0) is 0 Å². The summed E-state index contributed by atoms with van der Waals surface area (Å²) in [6.45, 7) is 0. The molecular weight excluding hydrogens is 144 g/mol. The van der Waals surface area contributed by atoms with Crippen molar-refractivity contribution in [2.24, 2.45) is 0 Å². The van der Waals surface area contributed by atoms with Crippen molar-refractivity contribution >= 4 is 19.0 Å². The van der Waals surface area contributed by atoms with Crippen LogP contribution in [0.1, 0.15) is 0 Å². The van der Waals surface area contributed by atoms with Crippen LogP contribution >= 0.6 is 19.0 Å². The molecule has 0 saturated carbocycles. The van der Waals surface area contributed by atoms with E-state index < -0.39 is 7.73 Å². The average molecular weight is 144 g/mol. The van der Waals surface area contributed by atoms with Crippen LogP contribution in [0.4, 0.5) is 0 Å². The Morgan fingerprint density at radius 3 is 1.17 bits per heavy atom. The Kier molecular flexibility index (Phi) is 28.0. The van der Waals surface area contributed by atoms with Crippen LogP contribution in [0.5, 0.6) is 0 Å². The second kappa shape index (κ2) is 10.6. The minimum Gasteiger partial charge on any atom is -0.830 e. The van der Waals surface area contributed by atoms with Crippen molar-refractivity contribution in [3.8, 4) is 0 Å². The van der Waals surface area contributed by atoms with Crippen LogP contribution in [0, 0.1) is 0 Å². The van der Waals surface area contributed by atoms with Gasteiger partial charge in [-0.25, -0.2) is 7.73 Å². The number of rotatable bonds is 0. The fraction of sp³-hybridized carbons (Fsp3) is 0. The van der Waals surface area contributed by atoms with Crippen molar-refractivity contribution < 1.29 is 68.9 Å². The molecule has 6 heteroatoms. The predicted molar refractivity (Wildman–Crippen MR) is 12.8 cm³/mol. The topological polar surface area (TPSA) is 46.1 Å². The zero-order valence-corrected chi connectivity index (χ0v) is 9.29. The molecule has 0 N–H and O–H groups in total. The van der Waals surface area contributed by atoms with Gasteiger partial charge in [-0.1, -0.05) is 0 Å². The molecule has 0 aromatic heterocycles. The van der Waals surface area contributed by atoms with Crippen LogP contribution in [0.2, 0.25) is 0 Å². The van der Waals surface area contributed by atoms with E-state index in [9.17, 15) is 0 Å². The molecule has 0 aromatic rings. The van der Waals surface area contributed by atoms with Gasteiger partial charge in [0.15, 0.2) is 0 Å². The first-order chi connectivity index (χ1) is 1.73. The smallest absolute Gasteiger partial charge is 0.830 e. The maximum absolute atomic E-state index is 8.80. The molecule has 0 unspecified atom stereocenters. The second-order valence-electron chi connectivity index (χ2n) is 0.213. The summed E-state index contributed by atoms with van der Waals surface area (Å²) < 4.78 is 0. The molecular formula is ClNa2O2P. The third-order valence-electron chi connectivity index (χ3n) is 0. The molecule has 0 heterocycles.